The van der Waals surface area contributed by atoms with Gasteiger partial charge in [0.2, 0.25) is 0 Å². The molecule has 3 aromatic rings. The first-order chi connectivity index (χ1) is 23.8. The first kappa shape index (κ1) is 42.1. The molecule has 1 unspecified atom stereocenters. The average Bonchev–Trinajstić information content (AvgIpc) is 3.88. The van der Waals surface area contributed by atoms with Crippen molar-refractivity contribution in [1.29, 1.82) is 0 Å². The first-order valence-electron chi connectivity index (χ1n) is 15.6. The zero-order valence-electron chi connectivity index (χ0n) is 28.6. The van der Waals surface area contributed by atoms with Crippen LogP contribution in [0, 0.1) is 24.5 Å². The number of nitrogens with zero attached hydrogens (tertiary/aromatic N) is 2. The summed E-state index contributed by atoms with van der Waals surface area (Å²) in [6, 6.07) is 5.91. The van der Waals surface area contributed by atoms with Crippen LogP contribution in [0.2, 0.25) is 0 Å². The number of aryl methyl sites for hydroxylation is 1. The molecule has 4 rings (SSSR count). The number of halogens is 8. The van der Waals surface area contributed by atoms with E-state index in [0.29, 0.717) is 41.6 Å². The van der Waals surface area contributed by atoms with Gasteiger partial charge >= 0.3 is 18.3 Å². The molecule has 3 N–H and O–H groups in total. The molecule has 0 saturated heterocycles. The number of aromatic nitrogens is 1. The number of anilines is 1. The van der Waals surface area contributed by atoms with E-state index in [1.54, 1.807) is 49.4 Å². The Bertz CT molecular complexity index is 1760. The normalized spacial score (nSPS) is 14.2. The molecule has 16 heteroatoms. The lowest BCUT2D eigenvalue weighted by Gasteiger charge is -2.22. The number of benzene rings is 2. The van der Waals surface area contributed by atoms with E-state index in [2.05, 4.69) is 4.98 Å². The van der Waals surface area contributed by atoms with Gasteiger partial charge in [0.15, 0.2) is 6.29 Å². The van der Waals surface area contributed by atoms with Crippen LogP contribution in [0.1, 0.15) is 55.1 Å². The molecule has 1 fully saturated rings. The third kappa shape index (κ3) is 11.5. The molecule has 51 heavy (non-hydrogen) atoms. The van der Waals surface area contributed by atoms with Crippen LogP contribution in [0.3, 0.4) is 0 Å². The smallest absolute Gasteiger partial charge is 0.417 e. The van der Waals surface area contributed by atoms with E-state index in [1.807, 2.05) is 26.1 Å². The zero-order chi connectivity index (χ0) is 38.8. The van der Waals surface area contributed by atoms with Crippen molar-refractivity contribution in [2.75, 3.05) is 26.0 Å². The average molecular weight is 731 g/mol. The predicted octanol–water partition coefficient (Wildman–Crippen LogP) is 8.08. The number of carbonyl (C=O) groups is 3. The lowest BCUT2D eigenvalue weighted by molar-refractivity contribution is -0.146. The topological polar surface area (TPSA) is 112 Å². The first-order valence-corrected chi connectivity index (χ1v) is 15.6. The quantitative estimate of drug-likeness (QED) is 0.0838. The molecule has 278 valence electrons. The van der Waals surface area contributed by atoms with Crippen LogP contribution in [0.15, 0.2) is 59.9 Å². The maximum absolute atomic E-state index is 13.9. The van der Waals surface area contributed by atoms with E-state index < -0.39 is 76.8 Å². The molecule has 1 amide bonds. The van der Waals surface area contributed by atoms with E-state index >= 15 is 0 Å². The van der Waals surface area contributed by atoms with Gasteiger partial charge in [-0.05, 0) is 62.4 Å². The molecular formula is C35H38F8N4O4. The Balaban J connectivity index is 0.000000337. The van der Waals surface area contributed by atoms with E-state index in [1.165, 1.54) is 12.3 Å². The Labute approximate surface area is 289 Å². The maximum Gasteiger partial charge on any atom is 0.417 e. The molecule has 0 spiro atoms. The van der Waals surface area contributed by atoms with Crippen LogP contribution in [0.4, 0.5) is 40.8 Å². The highest BCUT2D eigenvalue weighted by Gasteiger charge is 2.49. The number of aldehydes is 1. The number of fused-ring (bicyclic) bond motifs is 1. The number of carbonyl (C=O) groups excluding carboxylic acids is 2. The molecule has 1 aliphatic rings. The van der Waals surface area contributed by atoms with Gasteiger partial charge in [-0.2, -0.15) is 26.3 Å². The lowest BCUT2D eigenvalue weighted by Crippen LogP contribution is -2.38. The summed E-state index contributed by atoms with van der Waals surface area (Å²) in [6.07, 6.45) is -5.79. The molecule has 8 nitrogen and oxygen atoms in total. The summed E-state index contributed by atoms with van der Waals surface area (Å²) in [6.45, 7) is 6.55. The van der Waals surface area contributed by atoms with Gasteiger partial charge in [-0.3, -0.25) is 19.4 Å². The van der Waals surface area contributed by atoms with Gasteiger partial charge in [0.05, 0.1) is 11.1 Å². The highest BCUT2D eigenvalue weighted by molar-refractivity contribution is 6.14. The van der Waals surface area contributed by atoms with Crippen molar-refractivity contribution in [2.45, 2.75) is 58.9 Å². The molecule has 1 heterocycles. The van der Waals surface area contributed by atoms with Crippen LogP contribution in [0.25, 0.3) is 16.5 Å². The largest absolute Gasteiger partial charge is 0.480 e. The van der Waals surface area contributed by atoms with Crippen molar-refractivity contribution in [3.8, 4) is 0 Å². The minimum atomic E-state index is -4.67. The van der Waals surface area contributed by atoms with Gasteiger partial charge in [-0.15, -0.1) is 0 Å². The van der Waals surface area contributed by atoms with Crippen LogP contribution in [-0.4, -0.2) is 72.2 Å². The third-order valence-corrected chi connectivity index (χ3v) is 7.49. The maximum atomic E-state index is 13.9. The van der Waals surface area contributed by atoms with E-state index in [0.717, 1.165) is 11.6 Å². The number of hydrogen-bond donors (Lipinski definition) is 3. The number of hydrogen-bond acceptors (Lipinski definition) is 6. The number of alkyl halides is 6. The molecule has 1 saturated carbocycles. The summed E-state index contributed by atoms with van der Waals surface area (Å²) in [7, 11) is 3.28. The number of aliphatic carboxylic acids is 1. The summed E-state index contributed by atoms with van der Waals surface area (Å²) in [5.41, 5.74) is -1.09. The molecule has 0 aliphatic heterocycles. The van der Waals surface area contributed by atoms with E-state index in [-0.39, 0.29) is 11.8 Å². The molecule has 0 bridgehead atoms. The fourth-order valence-corrected chi connectivity index (χ4v) is 4.65. The number of allylic oxidation sites excluding steroid dienone is 4. The SMILES string of the molecule is C/C(=C/C(=C(\C=O)c1ccc(C)c2cccnc12)C(F)(F)F)N(C)C.CC.O=C(O)CNC(=O)c1c(F)cc(NC(C2CC2)C(F)(F)F)cc1F. The van der Waals surface area contributed by atoms with Crippen molar-refractivity contribution < 1.29 is 54.6 Å². The Kier molecular flexibility index (Phi) is 14.7. The van der Waals surface area contributed by atoms with Crippen molar-refractivity contribution in [2.24, 2.45) is 5.92 Å². The molecule has 1 atom stereocenters. The lowest BCUT2D eigenvalue weighted by atomic mass is 9.95. The molecule has 0 radical (unpaired) electrons. The summed E-state index contributed by atoms with van der Waals surface area (Å²) in [5.74, 6) is -6.17. The summed E-state index contributed by atoms with van der Waals surface area (Å²) in [4.78, 5) is 39.3. The van der Waals surface area contributed by atoms with Crippen LogP contribution in [-0.2, 0) is 9.59 Å². The van der Waals surface area contributed by atoms with Gasteiger partial charge in [0.1, 0.15) is 29.8 Å². The number of nitrogens with one attached hydrogen (secondary N) is 2. The zero-order valence-corrected chi connectivity index (χ0v) is 28.6. The molecule has 1 aliphatic carbocycles. The van der Waals surface area contributed by atoms with Gasteiger partial charge < -0.3 is 20.6 Å². The molecule has 1 aromatic heterocycles. The highest BCUT2D eigenvalue weighted by Crippen LogP contribution is 2.42. The second kappa shape index (κ2) is 17.8. The number of carboxylic acids is 1. The van der Waals surface area contributed by atoms with Crippen molar-refractivity contribution >= 4 is 40.3 Å². The van der Waals surface area contributed by atoms with Gasteiger partial charge in [0.25, 0.3) is 5.91 Å². The molecule has 2 aromatic carbocycles. The monoisotopic (exact) mass is 730 g/mol. The Morgan fingerprint density at radius 2 is 1.63 bits per heavy atom. The Morgan fingerprint density at radius 1 is 1.04 bits per heavy atom. The fraction of sp³-hybridized carbons (Fsp3) is 0.371. The summed E-state index contributed by atoms with van der Waals surface area (Å²) in [5, 5.41) is 12.9. The highest BCUT2D eigenvalue weighted by atomic mass is 19.4. The number of amides is 1. The second-order valence-corrected chi connectivity index (χ2v) is 11.3. The summed E-state index contributed by atoms with van der Waals surface area (Å²) < 4.78 is 107. The number of pyridine rings is 1. The van der Waals surface area contributed by atoms with Gasteiger partial charge in [-0.25, -0.2) is 8.78 Å². The number of rotatable bonds is 10. The summed E-state index contributed by atoms with van der Waals surface area (Å²) >= 11 is 0. The van der Waals surface area contributed by atoms with Crippen LogP contribution < -0.4 is 10.6 Å². The van der Waals surface area contributed by atoms with Gasteiger partial charge in [0, 0.05) is 48.2 Å². The second-order valence-electron chi connectivity index (χ2n) is 11.3. The minimum absolute atomic E-state index is 0.173. The number of carboxylic acid groups (broad SMARTS) is 1. The van der Waals surface area contributed by atoms with E-state index in [4.69, 9.17) is 5.11 Å². The van der Waals surface area contributed by atoms with Gasteiger partial charge in [-0.1, -0.05) is 32.0 Å². The van der Waals surface area contributed by atoms with Crippen molar-refractivity contribution in [1.82, 2.24) is 15.2 Å². The molecular weight excluding hydrogens is 692 g/mol. The van der Waals surface area contributed by atoms with E-state index in [9.17, 15) is 49.5 Å². The Morgan fingerprint density at radius 3 is 2.10 bits per heavy atom. The predicted molar refractivity (Wildman–Crippen MR) is 177 cm³/mol. The minimum Gasteiger partial charge on any atom is -0.480 e. The van der Waals surface area contributed by atoms with Crippen molar-refractivity contribution in [3.05, 3.63) is 88.3 Å². The van der Waals surface area contributed by atoms with Crippen molar-refractivity contribution in [3.63, 3.8) is 0 Å². The van der Waals surface area contributed by atoms with Crippen LogP contribution in [0.5, 0.6) is 0 Å². The Hall–Kier alpha value is -5.02. The fourth-order valence-electron chi connectivity index (χ4n) is 4.65. The van der Waals surface area contributed by atoms with Crippen LogP contribution >= 0.6 is 0 Å². The third-order valence-electron chi connectivity index (χ3n) is 7.49. The standard InChI is InChI=1S/C19H19F3N2O.C14H13F5N2O3.C2H6/c1-12-7-8-15(18-14(12)6-5-9-23-18)16(11-25)17(19(20,21)22)10-13(2)24(3)4;15-8-3-7(21-12(6-1-2-6)14(17,18)19)4-9(16)11(8)13(24)20-5-10(22)23;1-2/h5-11H,1-4H3;3-4,6,12,21H,1-2,5H2,(H,20,24)(H,22,23);1-2H3/b13-10-,17-16-;;.